The molecular formula is C22H26Cl2N4O2. The van der Waals surface area contributed by atoms with Crippen LogP contribution in [0.3, 0.4) is 0 Å². The zero-order valence-corrected chi connectivity index (χ0v) is 18.1. The van der Waals surface area contributed by atoms with Crippen molar-refractivity contribution in [3.05, 3.63) is 48.5 Å². The number of fused-ring (bicyclic) bond motifs is 2. The van der Waals surface area contributed by atoms with Crippen molar-refractivity contribution in [2.75, 3.05) is 18.5 Å². The van der Waals surface area contributed by atoms with E-state index in [0.717, 1.165) is 60.5 Å². The number of aromatic nitrogens is 2. The Bertz CT molecular complexity index is 959. The zero-order chi connectivity index (χ0) is 18.9. The number of nitrogens with one attached hydrogen (secondary N) is 3. The van der Waals surface area contributed by atoms with E-state index in [1.54, 1.807) is 0 Å². The number of amides is 1. The van der Waals surface area contributed by atoms with Crippen molar-refractivity contribution < 1.29 is 9.53 Å². The van der Waals surface area contributed by atoms with E-state index in [1.165, 1.54) is 0 Å². The van der Waals surface area contributed by atoms with Gasteiger partial charge in [0.15, 0.2) is 0 Å². The molecule has 30 heavy (non-hydrogen) atoms. The Balaban J connectivity index is 0.00000128. The van der Waals surface area contributed by atoms with E-state index in [9.17, 15) is 4.79 Å². The topological polar surface area (TPSA) is 79.0 Å². The number of ether oxygens (including phenoxy) is 1. The Labute approximate surface area is 188 Å². The van der Waals surface area contributed by atoms with E-state index < -0.39 is 0 Å². The van der Waals surface area contributed by atoms with Crippen molar-refractivity contribution in [1.29, 1.82) is 0 Å². The van der Waals surface area contributed by atoms with Gasteiger partial charge in [-0.05, 0) is 55.7 Å². The van der Waals surface area contributed by atoms with Crippen LogP contribution in [0, 0.1) is 5.92 Å². The summed E-state index contributed by atoms with van der Waals surface area (Å²) in [7, 11) is 0. The summed E-state index contributed by atoms with van der Waals surface area (Å²) >= 11 is 0. The van der Waals surface area contributed by atoms with Gasteiger partial charge in [-0.3, -0.25) is 4.79 Å². The van der Waals surface area contributed by atoms with Crippen molar-refractivity contribution in [2.45, 2.75) is 31.4 Å². The normalized spacial score (nSPS) is 23.0. The third-order valence-corrected chi connectivity index (χ3v) is 5.81. The third kappa shape index (κ3) is 4.62. The highest BCUT2D eigenvalue weighted by molar-refractivity contribution is 5.93. The Kier molecular flexibility index (Phi) is 7.36. The lowest BCUT2D eigenvalue weighted by molar-refractivity contribution is -0.123. The summed E-state index contributed by atoms with van der Waals surface area (Å²) in [4.78, 5) is 20.7. The minimum atomic E-state index is 0. The Hall–Kier alpha value is -2.12. The number of morpholine rings is 1. The highest BCUT2D eigenvalue weighted by atomic mass is 35.5. The van der Waals surface area contributed by atoms with Crippen LogP contribution in [0.1, 0.15) is 19.3 Å². The number of halogens is 2. The van der Waals surface area contributed by atoms with Gasteiger partial charge in [0, 0.05) is 29.8 Å². The minimum Gasteiger partial charge on any atom is -0.375 e. The number of rotatable bonds is 3. The molecule has 2 aliphatic rings. The molecule has 2 heterocycles. The second-order valence-electron chi connectivity index (χ2n) is 7.65. The fourth-order valence-corrected chi connectivity index (χ4v) is 4.30. The lowest BCUT2D eigenvalue weighted by Crippen LogP contribution is -2.52. The first-order valence-corrected chi connectivity index (χ1v) is 9.97. The first-order valence-electron chi connectivity index (χ1n) is 9.97. The van der Waals surface area contributed by atoms with Crippen molar-refractivity contribution in [3.63, 3.8) is 0 Å². The molecule has 3 atom stereocenters. The first-order chi connectivity index (χ1) is 13.8. The molecule has 0 radical (unpaired) electrons. The van der Waals surface area contributed by atoms with Crippen LogP contribution in [0.5, 0.6) is 0 Å². The second kappa shape index (κ2) is 9.79. The molecule has 1 aromatic heterocycles. The maximum atomic E-state index is 12.7. The van der Waals surface area contributed by atoms with Crippen LogP contribution in [0.4, 0.5) is 5.69 Å². The molecule has 1 amide bonds. The predicted octanol–water partition coefficient (Wildman–Crippen LogP) is 4.17. The molecule has 0 spiro atoms. The molecule has 1 saturated carbocycles. The molecule has 2 fully saturated rings. The van der Waals surface area contributed by atoms with Gasteiger partial charge in [-0.15, -0.1) is 24.8 Å². The van der Waals surface area contributed by atoms with E-state index in [-0.39, 0.29) is 42.7 Å². The molecule has 6 nitrogen and oxygen atoms in total. The van der Waals surface area contributed by atoms with E-state index in [1.807, 2.05) is 48.5 Å². The molecule has 0 bridgehead atoms. The van der Waals surface area contributed by atoms with Gasteiger partial charge >= 0.3 is 0 Å². The molecule has 2 aromatic carbocycles. The quantitative estimate of drug-likeness (QED) is 0.561. The van der Waals surface area contributed by atoms with Gasteiger partial charge < -0.3 is 20.4 Å². The lowest BCUT2D eigenvalue weighted by Gasteiger charge is -2.39. The average Bonchev–Trinajstić information content (AvgIpc) is 3.18. The fourth-order valence-electron chi connectivity index (χ4n) is 4.30. The third-order valence-electron chi connectivity index (χ3n) is 5.81. The number of hydrogen-bond donors (Lipinski definition) is 3. The monoisotopic (exact) mass is 448 g/mol. The van der Waals surface area contributed by atoms with Gasteiger partial charge in [0.1, 0.15) is 5.82 Å². The van der Waals surface area contributed by atoms with Gasteiger partial charge in [0.05, 0.1) is 23.7 Å². The Morgan fingerprint density at radius 1 is 1.07 bits per heavy atom. The molecule has 1 aliphatic heterocycles. The van der Waals surface area contributed by atoms with Crippen LogP contribution < -0.4 is 10.6 Å². The number of imidazole rings is 1. The molecule has 1 aliphatic carbocycles. The van der Waals surface area contributed by atoms with E-state index in [0.29, 0.717) is 6.04 Å². The zero-order valence-electron chi connectivity index (χ0n) is 16.5. The van der Waals surface area contributed by atoms with Crippen LogP contribution in [-0.2, 0) is 9.53 Å². The molecule has 3 N–H and O–H groups in total. The summed E-state index contributed by atoms with van der Waals surface area (Å²) in [6.07, 6.45) is 2.93. The van der Waals surface area contributed by atoms with Crippen LogP contribution in [-0.4, -0.2) is 41.2 Å². The van der Waals surface area contributed by atoms with Crippen molar-refractivity contribution in [3.8, 4) is 11.4 Å². The number of para-hydroxylation sites is 2. The summed E-state index contributed by atoms with van der Waals surface area (Å²) in [5, 5.41) is 6.57. The number of H-pyrrole nitrogens is 1. The van der Waals surface area contributed by atoms with E-state index in [4.69, 9.17) is 4.74 Å². The molecule has 0 unspecified atom stereocenters. The summed E-state index contributed by atoms with van der Waals surface area (Å²) in [5.41, 5.74) is 3.79. The fraction of sp³-hybridized carbons (Fsp3) is 0.364. The van der Waals surface area contributed by atoms with Crippen molar-refractivity contribution >= 4 is 47.4 Å². The number of aromatic amines is 1. The van der Waals surface area contributed by atoms with Gasteiger partial charge in [-0.25, -0.2) is 4.98 Å². The molecule has 160 valence electrons. The van der Waals surface area contributed by atoms with Crippen molar-refractivity contribution in [2.24, 2.45) is 5.92 Å². The largest absolute Gasteiger partial charge is 0.375 e. The van der Waals surface area contributed by atoms with Crippen LogP contribution in [0.25, 0.3) is 22.4 Å². The SMILES string of the molecule is Cl.Cl.O=C(Nc1ccc(-c2nc3ccccc3[nH]2)cc1)[C@H]1CC[C@H]2OCCN[C@@H]2C1. The highest BCUT2D eigenvalue weighted by Crippen LogP contribution is 2.29. The molecule has 1 saturated heterocycles. The smallest absolute Gasteiger partial charge is 0.227 e. The standard InChI is InChI=1S/C22H24N4O2.2ClH/c27-22(15-7-10-20-19(13-15)23-11-12-28-20)24-16-8-5-14(6-9-16)21-25-17-3-1-2-4-18(17)26-21;;/h1-6,8-9,15,19-20,23H,7,10-13H2,(H,24,27)(H,25,26);2*1H/t15-,19+,20+;;/m0../s1. The summed E-state index contributed by atoms with van der Waals surface area (Å²) in [5.74, 6) is 0.966. The average molecular weight is 449 g/mol. The maximum Gasteiger partial charge on any atom is 0.227 e. The number of carbonyl (C=O) groups is 1. The molecule has 3 aromatic rings. The maximum absolute atomic E-state index is 12.7. The van der Waals surface area contributed by atoms with Crippen LogP contribution >= 0.6 is 24.8 Å². The summed E-state index contributed by atoms with van der Waals surface area (Å²) in [6, 6.07) is 16.1. The predicted molar refractivity (Wildman–Crippen MR) is 124 cm³/mol. The van der Waals surface area contributed by atoms with Crippen LogP contribution in [0.15, 0.2) is 48.5 Å². The van der Waals surface area contributed by atoms with E-state index in [2.05, 4.69) is 20.6 Å². The van der Waals surface area contributed by atoms with Gasteiger partial charge in [-0.2, -0.15) is 0 Å². The summed E-state index contributed by atoms with van der Waals surface area (Å²) < 4.78 is 5.80. The van der Waals surface area contributed by atoms with E-state index >= 15 is 0 Å². The minimum absolute atomic E-state index is 0. The van der Waals surface area contributed by atoms with Gasteiger partial charge in [0.25, 0.3) is 0 Å². The lowest BCUT2D eigenvalue weighted by atomic mass is 9.82. The Morgan fingerprint density at radius 2 is 1.87 bits per heavy atom. The number of benzene rings is 2. The molecule has 8 heteroatoms. The van der Waals surface area contributed by atoms with Crippen molar-refractivity contribution in [1.82, 2.24) is 15.3 Å². The highest BCUT2D eigenvalue weighted by Gasteiger charge is 2.35. The number of hydrogen-bond acceptors (Lipinski definition) is 4. The number of anilines is 1. The second-order valence-corrected chi connectivity index (χ2v) is 7.65. The summed E-state index contributed by atoms with van der Waals surface area (Å²) in [6.45, 7) is 1.65. The number of carbonyl (C=O) groups excluding carboxylic acids is 1. The van der Waals surface area contributed by atoms with Gasteiger partial charge in [0.2, 0.25) is 5.91 Å². The Morgan fingerprint density at radius 3 is 2.67 bits per heavy atom. The molecule has 5 rings (SSSR count). The number of nitrogens with zero attached hydrogens (tertiary/aromatic N) is 1. The van der Waals surface area contributed by atoms with Gasteiger partial charge in [-0.1, -0.05) is 12.1 Å². The molecular weight excluding hydrogens is 423 g/mol. The van der Waals surface area contributed by atoms with Crippen LogP contribution in [0.2, 0.25) is 0 Å². The first kappa shape index (κ1) is 22.6.